The van der Waals surface area contributed by atoms with Gasteiger partial charge in [0, 0.05) is 18.4 Å². The summed E-state index contributed by atoms with van der Waals surface area (Å²) in [6, 6.07) is 0. The molecule has 0 spiro atoms. The number of ketones is 2. The summed E-state index contributed by atoms with van der Waals surface area (Å²) in [5.74, 6) is 3.23. The lowest BCUT2D eigenvalue weighted by Crippen LogP contribution is -2.53. The summed E-state index contributed by atoms with van der Waals surface area (Å²) >= 11 is 0. The van der Waals surface area contributed by atoms with Gasteiger partial charge in [-0.05, 0) is 98.9 Å². The van der Waals surface area contributed by atoms with E-state index in [-0.39, 0.29) is 17.0 Å². The molecule has 0 aromatic heterocycles. The predicted molar refractivity (Wildman–Crippen MR) is 121 cm³/mol. The van der Waals surface area contributed by atoms with Crippen LogP contribution in [0.3, 0.4) is 0 Å². The lowest BCUT2D eigenvalue weighted by Gasteiger charge is -2.57. The van der Waals surface area contributed by atoms with Crippen molar-refractivity contribution in [2.75, 3.05) is 0 Å². The summed E-state index contributed by atoms with van der Waals surface area (Å²) in [6.07, 6.45) is 13.7. The van der Waals surface area contributed by atoms with Crippen LogP contribution >= 0.6 is 0 Å². The van der Waals surface area contributed by atoms with Crippen LogP contribution < -0.4 is 0 Å². The zero-order valence-electron chi connectivity index (χ0n) is 19.9. The average molecular weight is 429 g/mol. The molecule has 0 bridgehead atoms. The maximum Gasteiger partial charge on any atom is 0.159 e. The molecule has 0 heterocycles. The first-order valence-electron chi connectivity index (χ1n) is 12.3. The van der Waals surface area contributed by atoms with Crippen molar-refractivity contribution in [3.05, 3.63) is 23.8 Å². The van der Waals surface area contributed by atoms with Crippen LogP contribution in [-0.4, -0.2) is 22.4 Å². The van der Waals surface area contributed by atoms with Crippen LogP contribution in [0.15, 0.2) is 23.8 Å². The van der Waals surface area contributed by atoms with Crippen LogP contribution in [0.2, 0.25) is 0 Å². The Balaban J connectivity index is 1.53. The van der Waals surface area contributed by atoms with Gasteiger partial charge in [-0.15, -0.1) is 0 Å². The number of carbonyl (C=O) groups is 2. The summed E-state index contributed by atoms with van der Waals surface area (Å²) in [7, 11) is 0. The van der Waals surface area contributed by atoms with Gasteiger partial charge < -0.3 is 0 Å². The third-order valence-electron chi connectivity index (χ3n) is 9.81. The fourth-order valence-corrected chi connectivity index (χ4v) is 8.12. The zero-order valence-corrected chi connectivity index (χ0v) is 19.9. The molecule has 0 aromatic carbocycles. The van der Waals surface area contributed by atoms with Crippen molar-refractivity contribution in [2.45, 2.75) is 91.6 Å². The van der Waals surface area contributed by atoms with E-state index < -0.39 is 5.60 Å². The molecule has 0 saturated heterocycles. The summed E-state index contributed by atoms with van der Waals surface area (Å²) in [6.45, 7) is 10.8. The highest BCUT2D eigenvalue weighted by atomic mass is 17.1. The highest BCUT2D eigenvalue weighted by molar-refractivity contribution is 6.05. The van der Waals surface area contributed by atoms with Gasteiger partial charge in [0.15, 0.2) is 11.6 Å². The Hall–Kier alpha value is -1.26. The third kappa shape index (κ3) is 3.78. The minimum Gasteiger partial charge on any atom is -0.295 e. The van der Waals surface area contributed by atoms with Crippen molar-refractivity contribution in [1.82, 2.24) is 0 Å². The highest BCUT2D eigenvalue weighted by Crippen LogP contribution is 2.67. The lowest BCUT2D eigenvalue weighted by molar-refractivity contribution is -0.297. The molecule has 3 unspecified atom stereocenters. The van der Waals surface area contributed by atoms with Crippen molar-refractivity contribution in [3.63, 3.8) is 0 Å². The van der Waals surface area contributed by atoms with Gasteiger partial charge in [-0.2, -0.15) is 0 Å². The standard InChI is InChI=1S/C27H40O4/c1-17(7-6-12-25(2,3)31-30)20-8-9-21-19-16-24(29)23-15-18(28)10-13-27(23,5)22(19)11-14-26(20,21)4/h6,12,15,17,19-22,30H,7-11,13-14,16H2,1-5H3/b12-6+/t17-,19?,20-,21?,22?,26-,27-/m1/s1. The number of Topliss-reactive ketones (excluding diaryl/α,β-unsaturated/α-hetero) is 1. The number of hydrogen-bond donors (Lipinski definition) is 1. The number of rotatable bonds is 5. The number of hydrogen-bond acceptors (Lipinski definition) is 4. The predicted octanol–water partition coefficient (Wildman–Crippen LogP) is 6.16. The van der Waals surface area contributed by atoms with Gasteiger partial charge in [-0.25, -0.2) is 4.89 Å². The van der Waals surface area contributed by atoms with Gasteiger partial charge in [0.25, 0.3) is 0 Å². The molecule has 4 nitrogen and oxygen atoms in total. The second kappa shape index (κ2) is 7.95. The smallest absolute Gasteiger partial charge is 0.159 e. The van der Waals surface area contributed by atoms with Crippen molar-refractivity contribution in [3.8, 4) is 0 Å². The monoisotopic (exact) mass is 428 g/mol. The molecule has 4 heteroatoms. The van der Waals surface area contributed by atoms with E-state index in [1.165, 1.54) is 25.7 Å². The van der Waals surface area contributed by atoms with Crippen LogP contribution in [-0.2, 0) is 14.5 Å². The molecule has 1 N–H and O–H groups in total. The third-order valence-corrected chi connectivity index (χ3v) is 9.81. The Morgan fingerprint density at radius 1 is 1.19 bits per heavy atom. The van der Waals surface area contributed by atoms with Crippen molar-refractivity contribution in [2.24, 2.45) is 40.4 Å². The summed E-state index contributed by atoms with van der Waals surface area (Å²) in [5, 5.41) is 9.01. The van der Waals surface area contributed by atoms with Crippen LogP contribution in [0, 0.1) is 40.4 Å². The van der Waals surface area contributed by atoms with E-state index in [4.69, 9.17) is 5.26 Å². The van der Waals surface area contributed by atoms with E-state index in [2.05, 4.69) is 31.7 Å². The minimum atomic E-state index is -0.648. The summed E-state index contributed by atoms with van der Waals surface area (Å²) < 4.78 is 0. The quantitative estimate of drug-likeness (QED) is 0.323. The molecule has 0 aromatic rings. The van der Waals surface area contributed by atoms with Crippen LogP contribution in [0.25, 0.3) is 0 Å². The Labute approximate surface area is 187 Å². The number of fused-ring (bicyclic) bond motifs is 5. The molecule has 4 aliphatic rings. The molecule has 4 rings (SSSR count). The van der Waals surface area contributed by atoms with Gasteiger partial charge >= 0.3 is 0 Å². The van der Waals surface area contributed by atoms with E-state index in [0.29, 0.717) is 47.8 Å². The van der Waals surface area contributed by atoms with E-state index in [1.807, 2.05) is 19.9 Å². The molecule has 0 aliphatic heterocycles. The Bertz CT molecular complexity index is 808. The second-order valence-electron chi connectivity index (χ2n) is 12.0. The van der Waals surface area contributed by atoms with Crippen molar-refractivity contribution < 1.29 is 19.7 Å². The first-order chi connectivity index (χ1) is 14.5. The molecule has 3 fully saturated rings. The maximum absolute atomic E-state index is 13.1. The van der Waals surface area contributed by atoms with Gasteiger partial charge in [-0.3, -0.25) is 14.8 Å². The summed E-state index contributed by atoms with van der Waals surface area (Å²) in [5.41, 5.74) is 0.386. The first kappa shape index (κ1) is 22.9. The molecule has 4 aliphatic carbocycles. The largest absolute Gasteiger partial charge is 0.295 e. The molecule has 7 atom stereocenters. The van der Waals surface area contributed by atoms with Crippen molar-refractivity contribution >= 4 is 11.6 Å². The molecular weight excluding hydrogens is 388 g/mol. The molecule has 31 heavy (non-hydrogen) atoms. The fraction of sp³-hybridized carbons (Fsp3) is 0.778. The van der Waals surface area contributed by atoms with Gasteiger partial charge in [0.2, 0.25) is 0 Å². The summed E-state index contributed by atoms with van der Waals surface area (Å²) in [4.78, 5) is 29.7. The zero-order chi connectivity index (χ0) is 22.6. The van der Waals surface area contributed by atoms with E-state index >= 15 is 0 Å². The molecule has 172 valence electrons. The average Bonchev–Trinajstić information content (AvgIpc) is 3.07. The van der Waals surface area contributed by atoms with Crippen LogP contribution in [0.4, 0.5) is 0 Å². The van der Waals surface area contributed by atoms with Crippen LogP contribution in [0.1, 0.15) is 86.0 Å². The fourth-order valence-electron chi connectivity index (χ4n) is 8.12. The number of allylic oxidation sites excluding steroid dienone is 2. The van der Waals surface area contributed by atoms with E-state index in [1.54, 1.807) is 6.08 Å². The molecule has 0 radical (unpaired) electrons. The second-order valence-corrected chi connectivity index (χ2v) is 12.0. The topological polar surface area (TPSA) is 63.6 Å². The van der Waals surface area contributed by atoms with Gasteiger partial charge in [0.05, 0.1) is 0 Å². The van der Waals surface area contributed by atoms with E-state index in [0.717, 1.165) is 18.4 Å². The lowest BCUT2D eigenvalue weighted by atomic mass is 9.46. The maximum atomic E-state index is 13.1. The minimum absolute atomic E-state index is 0.0996. The normalized spacial score (nSPS) is 41.5. The van der Waals surface area contributed by atoms with Gasteiger partial charge in [0.1, 0.15) is 5.60 Å². The molecule has 0 amide bonds. The Morgan fingerprint density at radius 2 is 1.94 bits per heavy atom. The number of carbonyl (C=O) groups excluding carboxylic acids is 2. The SMILES string of the molecule is C[C@H](C/C=C/C(C)(C)OO)[C@H]1CCC2C3CC(=O)C4=CC(=O)CC[C@]4(C)C3CC[C@@]21C. The molecule has 3 saturated carbocycles. The van der Waals surface area contributed by atoms with Gasteiger partial charge in [-0.1, -0.05) is 32.9 Å². The molecular formula is C27H40O4. The Kier molecular flexibility index (Phi) is 5.88. The van der Waals surface area contributed by atoms with E-state index in [9.17, 15) is 9.59 Å². The van der Waals surface area contributed by atoms with Crippen molar-refractivity contribution in [1.29, 1.82) is 0 Å². The Morgan fingerprint density at radius 3 is 2.65 bits per heavy atom. The first-order valence-corrected chi connectivity index (χ1v) is 12.3. The highest BCUT2D eigenvalue weighted by Gasteiger charge is 2.60. The van der Waals surface area contributed by atoms with Crippen LogP contribution in [0.5, 0.6) is 0 Å².